The molecule has 0 aliphatic rings. The SMILES string of the molecule is CC(=O)Nc1ccc(C)cc1.COS(=O)(=O)c1ccc(C)cc1. The van der Waals surface area contributed by atoms with Crippen LogP contribution in [0.5, 0.6) is 0 Å². The van der Waals surface area contributed by atoms with Crippen LogP contribution in [0.2, 0.25) is 0 Å². The van der Waals surface area contributed by atoms with E-state index in [1.807, 2.05) is 38.1 Å². The number of carbonyl (C=O) groups excluding carboxylic acids is 1. The van der Waals surface area contributed by atoms with Crippen LogP contribution in [0.3, 0.4) is 0 Å². The molecule has 0 aliphatic carbocycles. The molecule has 0 bridgehead atoms. The second-order valence-electron chi connectivity index (χ2n) is 4.98. The number of amides is 1. The third-order valence-electron chi connectivity index (χ3n) is 2.90. The molecule has 0 saturated carbocycles. The minimum absolute atomic E-state index is 0.0335. The van der Waals surface area contributed by atoms with Gasteiger partial charge in [0.05, 0.1) is 12.0 Å². The normalized spacial score (nSPS) is 10.4. The summed E-state index contributed by atoms with van der Waals surface area (Å²) in [5, 5.41) is 2.69. The fraction of sp³-hybridized carbons (Fsp3) is 0.235. The lowest BCUT2D eigenvalue weighted by Crippen LogP contribution is -2.05. The van der Waals surface area contributed by atoms with Crippen LogP contribution < -0.4 is 5.32 Å². The first kappa shape index (κ1) is 18.9. The minimum Gasteiger partial charge on any atom is -0.326 e. The van der Waals surface area contributed by atoms with Gasteiger partial charge in [-0.2, -0.15) is 8.42 Å². The smallest absolute Gasteiger partial charge is 0.296 e. The van der Waals surface area contributed by atoms with Crippen LogP contribution >= 0.6 is 0 Å². The summed E-state index contributed by atoms with van der Waals surface area (Å²) in [5.74, 6) is -0.0335. The molecule has 1 N–H and O–H groups in total. The summed E-state index contributed by atoms with van der Waals surface area (Å²) in [6.07, 6.45) is 0. The molecule has 1 amide bonds. The van der Waals surface area contributed by atoms with Crippen molar-refractivity contribution < 1.29 is 17.4 Å². The van der Waals surface area contributed by atoms with Gasteiger partial charge in [0.2, 0.25) is 5.91 Å². The molecule has 2 aromatic carbocycles. The summed E-state index contributed by atoms with van der Waals surface area (Å²) in [5.41, 5.74) is 3.06. The van der Waals surface area contributed by atoms with Crippen molar-refractivity contribution >= 4 is 21.7 Å². The van der Waals surface area contributed by atoms with Crippen LogP contribution in [-0.4, -0.2) is 21.4 Å². The highest BCUT2D eigenvalue weighted by Gasteiger charge is 2.11. The molecular weight excluding hydrogens is 314 g/mol. The van der Waals surface area contributed by atoms with E-state index in [9.17, 15) is 13.2 Å². The number of nitrogens with one attached hydrogen (secondary N) is 1. The Bertz CT molecular complexity index is 735. The van der Waals surface area contributed by atoms with Crippen LogP contribution in [0.4, 0.5) is 5.69 Å². The molecule has 124 valence electrons. The van der Waals surface area contributed by atoms with Gasteiger partial charge in [0, 0.05) is 12.6 Å². The van der Waals surface area contributed by atoms with Gasteiger partial charge in [-0.25, -0.2) is 0 Å². The Balaban J connectivity index is 0.000000231. The number of hydrogen-bond acceptors (Lipinski definition) is 4. The van der Waals surface area contributed by atoms with Gasteiger partial charge in [-0.1, -0.05) is 35.4 Å². The van der Waals surface area contributed by atoms with Crippen molar-refractivity contribution in [3.05, 3.63) is 59.7 Å². The predicted molar refractivity (Wildman–Crippen MR) is 90.9 cm³/mol. The number of aryl methyl sites for hydroxylation is 2. The monoisotopic (exact) mass is 335 g/mol. The summed E-state index contributed by atoms with van der Waals surface area (Å²) < 4.78 is 26.5. The van der Waals surface area contributed by atoms with Gasteiger partial charge in [-0.15, -0.1) is 0 Å². The molecule has 0 aliphatic heterocycles. The molecule has 0 spiro atoms. The molecule has 0 fully saturated rings. The van der Waals surface area contributed by atoms with E-state index in [4.69, 9.17) is 0 Å². The highest BCUT2D eigenvalue weighted by molar-refractivity contribution is 7.86. The van der Waals surface area contributed by atoms with Gasteiger partial charge in [0.15, 0.2) is 0 Å². The average Bonchev–Trinajstić information content (AvgIpc) is 2.50. The molecule has 0 unspecified atom stereocenters. The van der Waals surface area contributed by atoms with E-state index in [0.717, 1.165) is 18.4 Å². The van der Waals surface area contributed by atoms with Crippen LogP contribution in [0.1, 0.15) is 18.1 Å². The Morgan fingerprint density at radius 3 is 1.74 bits per heavy atom. The lowest BCUT2D eigenvalue weighted by Gasteiger charge is -2.00. The summed E-state index contributed by atoms with van der Waals surface area (Å²) in [6.45, 7) is 5.40. The molecular formula is C17H21NO4S. The van der Waals surface area contributed by atoms with Crippen molar-refractivity contribution in [1.29, 1.82) is 0 Å². The maximum Gasteiger partial charge on any atom is 0.296 e. The van der Waals surface area contributed by atoms with E-state index < -0.39 is 10.1 Å². The second kappa shape index (κ2) is 8.45. The van der Waals surface area contributed by atoms with Crippen molar-refractivity contribution in [2.45, 2.75) is 25.7 Å². The van der Waals surface area contributed by atoms with Crippen LogP contribution in [0, 0.1) is 13.8 Å². The van der Waals surface area contributed by atoms with Gasteiger partial charge >= 0.3 is 0 Å². The van der Waals surface area contributed by atoms with Gasteiger partial charge in [0.1, 0.15) is 0 Å². The molecule has 6 heteroatoms. The number of carbonyl (C=O) groups is 1. The van der Waals surface area contributed by atoms with Gasteiger partial charge in [0.25, 0.3) is 10.1 Å². The number of rotatable bonds is 3. The van der Waals surface area contributed by atoms with Gasteiger partial charge in [-0.3, -0.25) is 8.98 Å². The first-order chi connectivity index (χ1) is 10.7. The molecule has 0 radical (unpaired) electrons. The standard InChI is InChI=1S/C9H11NO.C8H10O3S/c1-7-3-5-9(6-4-7)10-8(2)11;1-7-3-5-8(6-4-7)12(9,10)11-2/h3-6H,1-2H3,(H,10,11);3-6H,1-2H3. The van der Waals surface area contributed by atoms with E-state index in [2.05, 4.69) is 9.50 Å². The van der Waals surface area contributed by atoms with E-state index in [1.54, 1.807) is 12.1 Å². The highest BCUT2D eigenvalue weighted by atomic mass is 32.2. The average molecular weight is 335 g/mol. The topological polar surface area (TPSA) is 72.5 Å². The lowest BCUT2D eigenvalue weighted by molar-refractivity contribution is -0.114. The Morgan fingerprint density at radius 2 is 1.35 bits per heavy atom. The summed E-state index contributed by atoms with van der Waals surface area (Å²) >= 11 is 0. The van der Waals surface area contributed by atoms with E-state index in [1.165, 1.54) is 24.6 Å². The largest absolute Gasteiger partial charge is 0.326 e. The van der Waals surface area contributed by atoms with Crippen molar-refractivity contribution in [3.63, 3.8) is 0 Å². The molecule has 0 saturated heterocycles. The van der Waals surface area contributed by atoms with E-state index in [0.29, 0.717) is 0 Å². The molecule has 2 aromatic rings. The minimum atomic E-state index is -3.51. The van der Waals surface area contributed by atoms with Crippen molar-refractivity contribution in [1.82, 2.24) is 0 Å². The Labute approximate surface area is 137 Å². The molecule has 5 nitrogen and oxygen atoms in total. The number of anilines is 1. The predicted octanol–water partition coefficient (Wildman–Crippen LogP) is 3.28. The van der Waals surface area contributed by atoms with Crippen LogP contribution in [0.15, 0.2) is 53.4 Å². The molecule has 0 aromatic heterocycles. The number of hydrogen-bond donors (Lipinski definition) is 1. The van der Waals surface area contributed by atoms with E-state index in [-0.39, 0.29) is 10.8 Å². The van der Waals surface area contributed by atoms with Crippen LogP contribution in [-0.2, 0) is 19.1 Å². The maximum absolute atomic E-state index is 11.1. The summed E-state index contributed by atoms with van der Waals surface area (Å²) in [7, 11) is -2.37. The maximum atomic E-state index is 11.1. The zero-order valence-corrected chi connectivity index (χ0v) is 14.5. The van der Waals surface area contributed by atoms with Gasteiger partial charge < -0.3 is 5.32 Å². The Morgan fingerprint density at radius 1 is 0.913 bits per heavy atom. The van der Waals surface area contributed by atoms with Crippen molar-refractivity contribution in [3.8, 4) is 0 Å². The summed E-state index contributed by atoms with van der Waals surface area (Å²) in [6, 6.07) is 14.2. The third-order valence-corrected chi connectivity index (χ3v) is 4.19. The molecule has 0 heterocycles. The first-order valence-electron chi connectivity index (χ1n) is 6.96. The third kappa shape index (κ3) is 6.63. The van der Waals surface area contributed by atoms with Gasteiger partial charge in [-0.05, 0) is 38.1 Å². The first-order valence-corrected chi connectivity index (χ1v) is 8.37. The number of benzene rings is 2. The zero-order valence-electron chi connectivity index (χ0n) is 13.7. The zero-order chi connectivity index (χ0) is 17.5. The fourth-order valence-electron chi connectivity index (χ4n) is 1.64. The van der Waals surface area contributed by atoms with Crippen LogP contribution in [0.25, 0.3) is 0 Å². The lowest BCUT2D eigenvalue weighted by atomic mass is 10.2. The quantitative estimate of drug-likeness (QED) is 0.874. The Kier molecular flexibility index (Phi) is 6.93. The summed E-state index contributed by atoms with van der Waals surface area (Å²) in [4.78, 5) is 10.8. The Hall–Kier alpha value is -2.18. The molecule has 2 rings (SSSR count). The molecule has 0 atom stereocenters. The highest BCUT2D eigenvalue weighted by Crippen LogP contribution is 2.11. The molecule has 23 heavy (non-hydrogen) atoms. The van der Waals surface area contributed by atoms with Crippen molar-refractivity contribution in [2.75, 3.05) is 12.4 Å². The van der Waals surface area contributed by atoms with E-state index >= 15 is 0 Å². The second-order valence-corrected chi connectivity index (χ2v) is 6.69. The van der Waals surface area contributed by atoms with Crippen molar-refractivity contribution in [2.24, 2.45) is 0 Å². The fourth-order valence-corrected chi connectivity index (χ4v) is 2.30.